The van der Waals surface area contributed by atoms with Crippen molar-refractivity contribution in [2.45, 2.75) is 45.9 Å². The number of nitrogens with zero attached hydrogens (tertiary/aromatic N) is 2. The van der Waals surface area contributed by atoms with Gasteiger partial charge in [0.05, 0.1) is 12.6 Å². The van der Waals surface area contributed by atoms with E-state index in [0.29, 0.717) is 12.3 Å². The fraction of sp³-hybridized carbons (Fsp3) is 0.348. The molecule has 2 aromatic heterocycles. The van der Waals surface area contributed by atoms with Crippen LogP contribution in [0.3, 0.4) is 0 Å². The van der Waals surface area contributed by atoms with Crippen LogP contribution in [-0.4, -0.2) is 28.0 Å². The number of amides is 1. The van der Waals surface area contributed by atoms with Crippen LogP contribution in [0.2, 0.25) is 0 Å². The summed E-state index contributed by atoms with van der Waals surface area (Å²) < 4.78 is 8.19. The maximum Gasteiger partial charge on any atom is 0.287 e. The molecule has 0 saturated carbocycles. The van der Waals surface area contributed by atoms with Gasteiger partial charge in [-0.05, 0) is 50.6 Å². The second-order valence-corrected chi connectivity index (χ2v) is 7.81. The van der Waals surface area contributed by atoms with Gasteiger partial charge in [-0.1, -0.05) is 29.8 Å². The van der Waals surface area contributed by atoms with Crippen LogP contribution in [0.25, 0.3) is 0 Å². The molecule has 0 aliphatic carbocycles. The Hall–Kier alpha value is -2.79. The van der Waals surface area contributed by atoms with Crippen molar-refractivity contribution in [3.05, 3.63) is 83.1 Å². The van der Waals surface area contributed by atoms with Gasteiger partial charge in [-0.15, -0.1) is 0 Å². The van der Waals surface area contributed by atoms with Crippen molar-refractivity contribution in [1.29, 1.82) is 0 Å². The molecule has 1 amide bonds. The number of aryl methyl sites for hydroxylation is 1. The normalized spacial score (nSPS) is 16.9. The van der Waals surface area contributed by atoms with Crippen molar-refractivity contribution < 1.29 is 9.21 Å². The number of carbonyl (C=O) groups is 1. The van der Waals surface area contributed by atoms with Gasteiger partial charge >= 0.3 is 0 Å². The Bertz CT molecular complexity index is 970. The van der Waals surface area contributed by atoms with Crippen LogP contribution < -0.4 is 5.32 Å². The molecule has 146 valence electrons. The maximum atomic E-state index is 12.2. The molecular weight excluding hydrogens is 350 g/mol. The van der Waals surface area contributed by atoms with E-state index in [1.165, 1.54) is 16.8 Å². The van der Waals surface area contributed by atoms with Crippen molar-refractivity contribution in [3.63, 3.8) is 0 Å². The van der Waals surface area contributed by atoms with Crippen molar-refractivity contribution in [2.24, 2.45) is 0 Å². The second kappa shape index (κ2) is 7.68. The summed E-state index contributed by atoms with van der Waals surface area (Å²) in [5.74, 6) is 1.02. The van der Waals surface area contributed by atoms with E-state index in [0.717, 1.165) is 18.8 Å². The third-order valence-electron chi connectivity index (χ3n) is 5.16. The lowest BCUT2D eigenvalue weighted by Gasteiger charge is -2.37. The largest absolute Gasteiger partial charge is 0.455 e. The number of fused-ring (bicyclic) bond motifs is 1. The Kier molecular flexibility index (Phi) is 5.09. The highest BCUT2D eigenvalue weighted by molar-refractivity contribution is 5.91. The Morgan fingerprint density at radius 1 is 1.18 bits per heavy atom. The molecule has 1 atom stereocenters. The summed E-state index contributed by atoms with van der Waals surface area (Å²) in [6, 6.07) is 16.9. The van der Waals surface area contributed by atoms with Gasteiger partial charge in [-0.25, -0.2) is 0 Å². The number of rotatable bonds is 5. The van der Waals surface area contributed by atoms with E-state index in [4.69, 9.17) is 4.42 Å². The van der Waals surface area contributed by atoms with E-state index in [9.17, 15) is 4.79 Å². The first kappa shape index (κ1) is 18.6. The van der Waals surface area contributed by atoms with E-state index in [1.807, 2.05) is 19.9 Å². The third-order valence-corrected chi connectivity index (χ3v) is 5.16. The lowest BCUT2D eigenvalue weighted by atomic mass is 9.98. The van der Waals surface area contributed by atoms with Crippen molar-refractivity contribution in [3.8, 4) is 0 Å². The minimum Gasteiger partial charge on any atom is -0.455 e. The minimum absolute atomic E-state index is 0.0848. The number of nitrogens with one attached hydrogen (secondary N) is 1. The first-order valence-corrected chi connectivity index (χ1v) is 9.86. The molecule has 0 bridgehead atoms. The highest BCUT2D eigenvalue weighted by atomic mass is 16.4. The average Bonchev–Trinajstić information content (AvgIpc) is 3.30. The molecule has 5 nitrogen and oxygen atoms in total. The molecule has 0 spiro atoms. The highest BCUT2D eigenvalue weighted by Crippen LogP contribution is 2.34. The maximum absolute atomic E-state index is 12.2. The molecule has 1 aliphatic rings. The van der Waals surface area contributed by atoms with E-state index >= 15 is 0 Å². The topological polar surface area (TPSA) is 50.4 Å². The van der Waals surface area contributed by atoms with Crippen LogP contribution in [0.1, 0.15) is 53.0 Å². The summed E-state index contributed by atoms with van der Waals surface area (Å²) in [7, 11) is 0. The number of furan rings is 1. The van der Waals surface area contributed by atoms with Gasteiger partial charge in [0.25, 0.3) is 5.91 Å². The number of hydrogen-bond acceptors (Lipinski definition) is 3. The molecular formula is C23H27N3O2. The highest BCUT2D eigenvalue weighted by Gasteiger charge is 2.29. The van der Waals surface area contributed by atoms with Crippen molar-refractivity contribution >= 4 is 5.91 Å². The molecule has 0 saturated heterocycles. The Morgan fingerprint density at radius 2 is 2.04 bits per heavy atom. The lowest BCUT2D eigenvalue weighted by molar-refractivity contribution is 0.0908. The van der Waals surface area contributed by atoms with Crippen LogP contribution in [0.4, 0.5) is 0 Å². The molecule has 4 rings (SSSR count). The molecule has 1 aromatic carbocycles. The summed E-state index contributed by atoms with van der Waals surface area (Å²) in [6.07, 6.45) is 2.15. The summed E-state index contributed by atoms with van der Waals surface area (Å²) in [5.41, 5.74) is 3.83. The first-order chi connectivity index (χ1) is 13.5. The standard InChI is InChI=1S/C23H27N3O2/c1-16(2)24-23(27)21-10-9-19(28-21)15-26-13-12-25-11-5-8-20(25)22(26)18-7-4-6-17(3)14-18/h4-11,14,16,22H,12-13,15H2,1-3H3,(H,24,27). The zero-order valence-corrected chi connectivity index (χ0v) is 16.7. The number of hydrogen-bond donors (Lipinski definition) is 1. The zero-order valence-electron chi connectivity index (χ0n) is 16.7. The van der Waals surface area contributed by atoms with Crippen LogP contribution in [-0.2, 0) is 13.1 Å². The monoisotopic (exact) mass is 377 g/mol. The van der Waals surface area contributed by atoms with E-state index < -0.39 is 0 Å². The Morgan fingerprint density at radius 3 is 2.82 bits per heavy atom. The van der Waals surface area contributed by atoms with E-state index in [2.05, 4.69) is 64.3 Å². The summed E-state index contributed by atoms with van der Waals surface area (Å²) in [4.78, 5) is 14.6. The molecule has 1 unspecified atom stereocenters. The molecule has 5 heteroatoms. The molecule has 3 aromatic rings. The van der Waals surface area contributed by atoms with Crippen molar-refractivity contribution in [1.82, 2.24) is 14.8 Å². The first-order valence-electron chi connectivity index (χ1n) is 9.86. The number of aromatic nitrogens is 1. The van der Waals surface area contributed by atoms with Crippen LogP contribution in [0.15, 0.2) is 59.1 Å². The van der Waals surface area contributed by atoms with Gasteiger partial charge in [-0.3, -0.25) is 9.69 Å². The van der Waals surface area contributed by atoms with E-state index in [-0.39, 0.29) is 18.0 Å². The quantitative estimate of drug-likeness (QED) is 0.727. The summed E-state index contributed by atoms with van der Waals surface area (Å²) in [5, 5.41) is 2.88. The molecule has 0 fully saturated rings. The average molecular weight is 377 g/mol. The fourth-order valence-electron chi connectivity index (χ4n) is 3.94. The number of carbonyl (C=O) groups excluding carboxylic acids is 1. The fourth-order valence-corrected chi connectivity index (χ4v) is 3.94. The van der Waals surface area contributed by atoms with Crippen LogP contribution >= 0.6 is 0 Å². The molecule has 1 aliphatic heterocycles. The molecule has 0 radical (unpaired) electrons. The predicted octanol–water partition coefficient (Wildman–Crippen LogP) is 4.13. The zero-order chi connectivity index (χ0) is 19.7. The van der Waals surface area contributed by atoms with Crippen LogP contribution in [0.5, 0.6) is 0 Å². The number of benzene rings is 1. The Labute approximate surface area is 166 Å². The van der Waals surface area contributed by atoms with E-state index in [1.54, 1.807) is 6.07 Å². The van der Waals surface area contributed by atoms with Gasteiger partial charge in [0, 0.05) is 31.0 Å². The SMILES string of the molecule is Cc1cccc(C2c3cccn3CCN2Cc2ccc(C(=O)NC(C)C)o2)c1. The predicted molar refractivity (Wildman–Crippen MR) is 109 cm³/mol. The summed E-state index contributed by atoms with van der Waals surface area (Å²) >= 11 is 0. The van der Waals surface area contributed by atoms with Gasteiger partial charge in [0.2, 0.25) is 0 Å². The molecule has 3 heterocycles. The van der Waals surface area contributed by atoms with Crippen LogP contribution in [0, 0.1) is 6.92 Å². The van der Waals surface area contributed by atoms with Crippen molar-refractivity contribution in [2.75, 3.05) is 6.54 Å². The minimum atomic E-state index is -0.163. The smallest absolute Gasteiger partial charge is 0.287 e. The summed E-state index contributed by atoms with van der Waals surface area (Å²) in [6.45, 7) is 8.55. The lowest BCUT2D eigenvalue weighted by Crippen LogP contribution is -2.37. The van der Waals surface area contributed by atoms with Gasteiger partial charge in [-0.2, -0.15) is 0 Å². The Balaban J connectivity index is 1.60. The van der Waals surface area contributed by atoms with Gasteiger partial charge in [0.1, 0.15) is 5.76 Å². The second-order valence-electron chi connectivity index (χ2n) is 7.81. The molecule has 28 heavy (non-hydrogen) atoms. The third kappa shape index (κ3) is 3.76. The van der Waals surface area contributed by atoms with Gasteiger partial charge < -0.3 is 14.3 Å². The van der Waals surface area contributed by atoms with Gasteiger partial charge in [0.15, 0.2) is 5.76 Å². The molecule has 1 N–H and O–H groups in total.